The normalized spacial score (nSPS) is 21.9. The molecule has 0 aromatic heterocycles. The molecule has 1 amide bonds. The van der Waals surface area contributed by atoms with Crippen LogP contribution < -0.4 is 10.6 Å². The van der Waals surface area contributed by atoms with E-state index >= 15 is 0 Å². The molecule has 0 radical (unpaired) electrons. The molecular weight excluding hydrogens is 224 g/mol. The first-order chi connectivity index (χ1) is 7.52. The molecule has 1 saturated heterocycles. The Labute approximate surface area is 100 Å². The third-order valence-corrected chi connectivity index (χ3v) is 4.72. The Morgan fingerprint density at radius 3 is 2.56 bits per heavy atom. The van der Waals surface area contributed by atoms with Gasteiger partial charge in [0.25, 0.3) is 0 Å². The topological polar surface area (TPSA) is 58.2 Å². The van der Waals surface area contributed by atoms with E-state index in [1.165, 1.54) is 0 Å². The molecule has 0 aromatic carbocycles. The Balaban J connectivity index is 2.16. The number of amides is 1. The van der Waals surface area contributed by atoms with Crippen molar-refractivity contribution in [1.29, 1.82) is 0 Å². The summed E-state index contributed by atoms with van der Waals surface area (Å²) in [6.45, 7) is 6.45. The first-order valence-electron chi connectivity index (χ1n) is 5.83. The van der Waals surface area contributed by atoms with Gasteiger partial charge in [-0.25, -0.2) is 0 Å². The minimum absolute atomic E-state index is 0.0867. The maximum Gasteiger partial charge on any atom is 0.223 e. The largest absolute Gasteiger partial charge is 0.356 e. The highest BCUT2D eigenvalue weighted by molar-refractivity contribution is 7.84. The van der Waals surface area contributed by atoms with Gasteiger partial charge in [0.1, 0.15) is 0 Å². The smallest absolute Gasteiger partial charge is 0.223 e. The molecule has 0 spiro atoms. The van der Waals surface area contributed by atoms with E-state index in [4.69, 9.17) is 0 Å². The third kappa shape index (κ3) is 3.87. The van der Waals surface area contributed by atoms with E-state index in [9.17, 15) is 9.00 Å². The summed E-state index contributed by atoms with van der Waals surface area (Å²) in [4.78, 5) is 11.7. The van der Waals surface area contributed by atoms with Crippen LogP contribution >= 0.6 is 0 Å². The van der Waals surface area contributed by atoms with Gasteiger partial charge in [0.2, 0.25) is 5.91 Å². The van der Waals surface area contributed by atoms with E-state index in [2.05, 4.69) is 10.6 Å². The number of carbonyl (C=O) groups excluding carboxylic acids is 1. The first-order valence-corrected chi connectivity index (χ1v) is 7.45. The van der Waals surface area contributed by atoms with Gasteiger partial charge in [-0.15, -0.1) is 0 Å². The highest BCUT2D eigenvalue weighted by atomic mass is 32.2. The second-order valence-corrected chi connectivity index (χ2v) is 6.40. The lowest BCUT2D eigenvalue weighted by atomic mass is 9.88. The van der Waals surface area contributed by atoms with E-state index in [-0.39, 0.29) is 17.1 Å². The molecule has 1 heterocycles. The van der Waals surface area contributed by atoms with E-state index in [1.807, 2.05) is 13.8 Å². The monoisotopic (exact) mass is 246 g/mol. The molecule has 3 atom stereocenters. The maximum absolute atomic E-state index is 11.7. The van der Waals surface area contributed by atoms with Gasteiger partial charge in [0.05, 0.1) is 0 Å². The zero-order valence-corrected chi connectivity index (χ0v) is 11.1. The van der Waals surface area contributed by atoms with Crippen LogP contribution in [0.4, 0.5) is 0 Å². The van der Waals surface area contributed by atoms with Crippen LogP contribution in [0.1, 0.15) is 20.3 Å². The third-order valence-electron chi connectivity index (χ3n) is 3.35. The van der Waals surface area contributed by atoms with Crippen molar-refractivity contribution in [3.8, 4) is 0 Å². The Morgan fingerprint density at radius 2 is 2.12 bits per heavy atom. The average molecular weight is 246 g/mol. The highest BCUT2D eigenvalue weighted by Gasteiger charge is 2.28. The molecule has 0 aliphatic carbocycles. The van der Waals surface area contributed by atoms with Gasteiger partial charge < -0.3 is 10.6 Å². The fourth-order valence-electron chi connectivity index (χ4n) is 1.60. The predicted octanol–water partition coefficient (Wildman–Crippen LogP) is 0.115. The van der Waals surface area contributed by atoms with Crippen molar-refractivity contribution in [3.63, 3.8) is 0 Å². The molecule has 1 aliphatic heterocycles. The number of nitrogens with one attached hydrogen (secondary N) is 2. The Hall–Kier alpha value is -0.420. The fourth-order valence-corrected chi connectivity index (χ4v) is 2.05. The Bertz CT molecular complexity index is 267. The summed E-state index contributed by atoms with van der Waals surface area (Å²) in [5, 5.41) is 6.24. The Morgan fingerprint density at radius 1 is 1.50 bits per heavy atom. The minimum atomic E-state index is -0.796. The summed E-state index contributed by atoms with van der Waals surface area (Å²) in [6, 6.07) is 0. The quantitative estimate of drug-likeness (QED) is 0.699. The van der Waals surface area contributed by atoms with Crippen LogP contribution in [0, 0.1) is 11.8 Å². The molecule has 1 rings (SSSR count). The molecule has 0 bridgehead atoms. The lowest BCUT2D eigenvalue weighted by Crippen LogP contribution is -2.49. The molecular formula is C11H22N2O2S. The average Bonchev–Trinajstić information content (AvgIpc) is 2.14. The highest BCUT2D eigenvalue weighted by Crippen LogP contribution is 2.15. The van der Waals surface area contributed by atoms with Gasteiger partial charge in [-0.2, -0.15) is 0 Å². The molecule has 16 heavy (non-hydrogen) atoms. The van der Waals surface area contributed by atoms with Crippen LogP contribution in [-0.2, 0) is 15.6 Å². The molecule has 5 heteroatoms. The lowest BCUT2D eigenvalue weighted by molar-refractivity contribution is -0.126. The van der Waals surface area contributed by atoms with Gasteiger partial charge in [-0.3, -0.25) is 9.00 Å². The van der Waals surface area contributed by atoms with Crippen molar-refractivity contribution in [2.45, 2.75) is 25.5 Å². The van der Waals surface area contributed by atoms with Crippen LogP contribution in [-0.4, -0.2) is 41.3 Å². The van der Waals surface area contributed by atoms with Crippen molar-refractivity contribution < 1.29 is 9.00 Å². The van der Waals surface area contributed by atoms with Crippen molar-refractivity contribution in [3.05, 3.63) is 0 Å². The molecule has 4 nitrogen and oxygen atoms in total. The van der Waals surface area contributed by atoms with Crippen LogP contribution in [0.2, 0.25) is 0 Å². The zero-order chi connectivity index (χ0) is 12.1. The van der Waals surface area contributed by atoms with Crippen LogP contribution in [0.3, 0.4) is 0 Å². The zero-order valence-electron chi connectivity index (χ0n) is 10.3. The molecule has 3 unspecified atom stereocenters. The van der Waals surface area contributed by atoms with Gasteiger partial charge in [-0.1, -0.05) is 13.8 Å². The summed E-state index contributed by atoms with van der Waals surface area (Å²) in [5.74, 6) is 0.696. The van der Waals surface area contributed by atoms with Crippen molar-refractivity contribution in [1.82, 2.24) is 10.6 Å². The van der Waals surface area contributed by atoms with Crippen molar-refractivity contribution in [2.75, 3.05) is 25.9 Å². The first kappa shape index (κ1) is 13.6. The number of carbonyl (C=O) groups is 1. The molecule has 1 fully saturated rings. The lowest BCUT2D eigenvalue weighted by Gasteiger charge is -2.31. The summed E-state index contributed by atoms with van der Waals surface area (Å²) in [6.07, 6.45) is 2.49. The predicted molar refractivity (Wildman–Crippen MR) is 66.7 cm³/mol. The summed E-state index contributed by atoms with van der Waals surface area (Å²) in [7, 11) is -0.796. The van der Waals surface area contributed by atoms with E-state index in [0.29, 0.717) is 12.5 Å². The van der Waals surface area contributed by atoms with Gasteiger partial charge in [0, 0.05) is 34.8 Å². The van der Waals surface area contributed by atoms with Crippen molar-refractivity contribution >= 4 is 16.7 Å². The van der Waals surface area contributed by atoms with Crippen LogP contribution in [0.15, 0.2) is 0 Å². The SMILES string of the molecule is CC(C(=O)NCCC(C)S(C)=O)C1CNC1. The summed E-state index contributed by atoms with van der Waals surface area (Å²) < 4.78 is 11.1. The van der Waals surface area contributed by atoms with Gasteiger partial charge in [0.15, 0.2) is 0 Å². The molecule has 0 saturated carbocycles. The number of hydrogen-bond donors (Lipinski definition) is 2. The van der Waals surface area contributed by atoms with Crippen LogP contribution in [0.25, 0.3) is 0 Å². The molecule has 0 aromatic rings. The van der Waals surface area contributed by atoms with E-state index in [1.54, 1.807) is 6.26 Å². The number of hydrogen-bond acceptors (Lipinski definition) is 3. The molecule has 1 aliphatic rings. The second kappa shape index (κ2) is 6.35. The fraction of sp³-hybridized carbons (Fsp3) is 0.909. The molecule has 94 valence electrons. The standard InChI is InChI=1S/C11H22N2O2S/c1-8(16(3)15)4-5-13-11(14)9(2)10-6-12-7-10/h8-10,12H,4-7H2,1-3H3,(H,13,14). The Kier molecular flexibility index (Phi) is 5.41. The molecule has 2 N–H and O–H groups in total. The second-order valence-electron chi connectivity index (χ2n) is 4.60. The number of rotatable bonds is 6. The summed E-state index contributed by atoms with van der Waals surface area (Å²) >= 11 is 0. The van der Waals surface area contributed by atoms with Crippen LogP contribution in [0.5, 0.6) is 0 Å². The van der Waals surface area contributed by atoms with E-state index < -0.39 is 10.8 Å². The maximum atomic E-state index is 11.7. The van der Waals surface area contributed by atoms with Gasteiger partial charge in [-0.05, 0) is 25.4 Å². The van der Waals surface area contributed by atoms with Crippen molar-refractivity contribution in [2.24, 2.45) is 11.8 Å². The van der Waals surface area contributed by atoms with E-state index in [0.717, 1.165) is 19.5 Å². The van der Waals surface area contributed by atoms with Gasteiger partial charge >= 0.3 is 0 Å². The summed E-state index contributed by atoms with van der Waals surface area (Å²) in [5.41, 5.74) is 0. The minimum Gasteiger partial charge on any atom is -0.356 e.